The lowest BCUT2D eigenvalue weighted by atomic mass is 9.75. The van der Waals surface area contributed by atoms with Crippen molar-refractivity contribution in [3.63, 3.8) is 0 Å². The normalized spacial score (nSPS) is 24.3. The summed E-state index contributed by atoms with van der Waals surface area (Å²) in [7, 11) is 0. The minimum Gasteiger partial charge on any atom is -0.442 e. The Labute approximate surface area is 247 Å². The Hall–Kier alpha value is -2.59. The molecule has 4 aliphatic rings. The molecule has 2 amide bonds. The molecule has 41 heavy (non-hydrogen) atoms. The van der Waals surface area contributed by atoms with Crippen molar-refractivity contribution in [2.45, 2.75) is 109 Å². The highest BCUT2D eigenvalue weighted by Crippen LogP contribution is 2.42. The molecule has 3 saturated heterocycles. The predicted octanol–water partition coefficient (Wildman–Crippen LogP) is 6.45. The number of nitriles is 1. The minimum absolute atomic E-state index is 0.0722. The molecule has 1 aliphatic carbocycles. The van der Waals surface area contributed by atoms with Gasteiger partial charge in [0, 0.05) is 69.6 Å². The van der Waals surface area contributed by atoms with Crippen LogP contribution in [0, 0.1) is 37.0 Å². The Morgan fingerprint density at radius 3 is 2.29 bits per heavy atom. The number of ether oxygens (including phenoxy) is 1. The van der Waals surface area contributed by atoms with Crippen LogP contribution in [0.15, 0.2) is 12.1 Å². The van der Waals surface area contributed by atoms with Crippen LogP contribution in [0.1, 0.15) is 111 Å². The molecule has 224 valence electrons. The van der Waals surface area contributed by atoms with E-state index in [2.05, 4.69) is 22.8 Å². The highest BCUT2D eigenvalue weighted by Gasteiger charge is 2.50. The average molecular weight is 563 g/mol. The van der Waals surface area contributed by atoms with E-state index in [0.29, 0.717) is 23.4 Å². The summed E-state index contributed by atoms with van der Waals surface area (Å²) in [5, 5.41) is 9.26. The molecule has 1 aromatic rings. The van der Waals surface area contributed by atoms with Gasteiger partial charge in [0.2, 0.25) is 0 Å². The summed E-state index contributed by atoms with van der Waals surface area (Å²) in [6.07, 6.45) is 13.7. The zero-order valence-corrected chi connectivity index (χ0v) is 25.6. The Morgan fingerprint density at radius 2 is 1.68 bits per heavy atom. The fourth-order valence-corrected chi connectivity index (χ4v) is 8.20. The number of piperidine rings is 2. The van der Waals surface area contributed by atoms with Crippen LogP contribution in [-0.4, -0.2) is 77.6 Å². The van der Waals surface area contributed by atoms with Gasteiger partial charge in [-0.1, -0.05) is 39.0 Å². The standard InChI is InChI=1S/C34H50N4O3/c1-4-5-11-29-24-38(23-27-9-7-6-8-10-27)33(40)41-34(29)14-18-36(19-15-34)30-12-16-37(17-13-30)32(39)31-25(2)20-28(22-35)21-26(31)3/h20-21,27,29-30H,4-19,23-24H2,1-3H3. The van der Waals surface area contributed by atoms with Crippen molar-refractivity contribution in [3.05, 3.63) is 34.4 Å². The van der Waals surface area contributed by atoms with Gasteiger partial charge in [0.15, 0.2) is 0 Å². The Bertz CT molecular complexity index is 1100. The number of benzene rings is 1. The molecular weight excluding hydrogens is 512 g/mol. The largest absolute Gasteiger partial charge is 0.442 e. The van der Waals surface area contributed by atoms with Crippen molar-refractivity contribution in [1.29, 1.82) is 5.26 Å². The third kappa shape index (κ3) is 6.58. The summed E-state index contributed by atoms with van der Waals surface area (Å²) in [5.41, 5.74) is 2.80. The first kappa shape index (κ1) is 29.9. The molecule has 0 bridgehead atoms. The summed E-state index contributed by atoms with van der Waals surface area (Å²) < 4.78 is 6.44. The van der Waals surface area contributed by atoms with Gasteiger partial charge in [-0.15, -0.1) is 0 Å². The van der Waals surface area contributed by atoms with E-state index in [1.165, 1.54) is 44.9 Å². The van der Waals surface area contributed by atoms with Gasteiger partial charge < -0.3 is 14.5 Å². The Balaban J connectivity index is 1.16. The maximum Gasteiger partial charge on any atom is 0.410 e. The van der Waals surface area contributed by atoms with Crippen LogP contribution in [0.5, 0.6) is 0 Å². The van der Waals surface area contributed by atoms with Crippen LogP contribution in [0.2, 0.25) is 0 Å². The monoisotopic (exact) mass is 562 g/mol. The second-order valence-corrected chi connectivity index (χ2v) is 13.3. The van der Waals surface area contributed by atoms with E-state index in [4.69, 9.17) is 4.74 Å². The number of carbonyl (C=O) groups is 2. The van der Waals surface area contributed by atoms with Crippen molar-refractivity contribution in [2.75, 3.05) is 39.3 Å². The van der Waals surface area contributed by atoms with E-state index in [1.54, 1.807) is 0 Å². The van der Waals surface area contributed by atoms with Crippen LogP contribution in [0.3, 0.4) is 0 Å². The van der Waals surface area contributed by atoms with Crippen LogP contribution in [0.4, 0.5) is 4.79 Å². The summed E-state index contributed by atoms with van der Waals surface area (Å²) in [4.78, 5) is 33.3. The zero-order valence-electron chi connectivity index (χ0n) is 25.6. The van der Waals surface area contributed by atoms with E-state index < -0.39 is 0 Å². The van der Waals surface area contributed by atoms with Crippen molar-refractivity contribution in [1.82, 2.24) is 14.7 Å². The SMILES string of the molecule is CCCCC1CN(CC2CCCCC2)C(=O)OC12CCN(C1CCN(C(=O)c3c(C)cc(C#N)cc3C)CC1)CC2. The Kier molecular flexibility index (Phi) is 9.59. The smallest absolute Gasteiger partial charge is 0.410 e. The fourth-order valence-electron chi connectivity index (χ4n) is 8.20. The van der Waals surface area contributed by atoms with Gasteiger partial charge in [0.1, 0.15) is 5.60 Å². The number of hydrogen-bond acceptors (Lipinski definition) is 5. The highest BCUT2D eigenvalue weighted by molar-refractivity contribution is 5.97. The number of aryl methyl sites for hydroxylation is 2. The van der Waals surface area contributed by atoms with Gasteiger partial charge >= 0.3 is 6.09 Å². The lowest BCUT2D eigenvalue weighted by Gasteiger charge is -2.52. The van der Waals surface area contributed by atoms with E-state index in [-0.39, 0.29) is 17.6 Å². The summed E-state index contributed by atoms with van der Waals surface area (Å²) in [5.74, 6) is 1.15. The molecule has 1 atom stereocenters. The van der Waals surface area contributed by atoms with Crippen LogP contribution >= 0.6 is 0 Å². The lowest BCUT2D eigenvalue weighted by Crippen LogP contribution is -2.61. The fraction of sp³-hybridized carbons (Fsp3) is 0.735. The number of amides is 2. The molecule has 0 N–H and O–H groups in total. The molecule has 1 saturated carbocycles. The molecule has 3 heterocycles. The molecule has 0 aromatic heterocycles. The summed E-state index contributed by atoms with van der Waals surface area (Å²) >= 11 is 0. The average Bonchev–Trinajstić information content (AvgIpc) is 2.98. The third-order valence-electron chi connectivity index (χ3n) is 10.6. The zero-order chi connectivity index (χ0) is 29.0. The number of likely N-dealkylation sites (tertiary alicyclic amines) is 2. The second kappa shape index (κ2) is 13.2. The highest BCUT2D eigenvalue weighted by atomic mass is 16.6. The summed E-state index contributed by atoms with van der Waals surface area (Å²) in [6.45, 7) is 11.3. The van der Waals surface area contributed by atoms with Gasteiger partial charge in [-0.25, -0.2) is 4.79 Å². The predicted molar refractivity (Wildman–Crippen MR) is 161 cm³/mol. The van der Waals surface area contributed by atoms with Gasteiger partial charge in [0.25, 0.3) is 5.91 Å². The molecule has 0 radical (unpaired) electrons. The molecule has 4 fully saturated rings. The van der Waals surface area contributed by atoms with E-state index in [0.717, 1.165) is 88.1 Å². The first-order valence-corrected chi connectivity index (χ1v) is 16.4. The number of unbranched alkanes of at least 4 members (excludes halogenated alkanes) is 1. The second-order valence-electron chi connectivity index (χ2n) is 13.3. The number of rotatable bonds is 7. The maximum atomic E-state index is 13.4. The van der Waals surface area contributed by atoms with Gasteiger partial charge in [-0.05, 0) is 75.1 Å². The summed E-state index contributed by atoms with van der Waals surface area (Å²) in [6, 6.07) is 6.29. The first-order chi connectivity index (χ1) is 19.8. The lowest BCUT2D eigenvalue weighted by molar-refractivity contribution is -0.127. The molecule has 7 nitrogen and oxygen atoms in total. The number of hydrogen-bond donors (Lipinski definition) is 0. The third-order valence-corrected chi connectivity index (χ3v) is 10.6. The van der Waals surface area contributed by atoms with Crippen LogP contribution < -0.4 is 0 Å². The van der Waals surface area contributed by atoms with Gasteiger partial charge in [-0.2, -0.15) is 5.26 Å². The maximum absolute atomic E-state index is 13.4. The van der Waals surface area contributed by atoms with Crippen LogP contribution in [0.25, 0.3) is 0 Å². The first-order valence-electron chi connectivity index (χ1n) is 16.4. The van der Waals surface area contributed by atoms with Crippen molar-refractivity contribution in [3.8, 4) is 6.07 Å². The van der Waals surface area contributed by atoms with E-state index in [1.807, 2.05) is 30.9 Å². The van der Waals surface area contributed by atoms with Crippen molar-refractivity contribution in [2.24, 2.45) is 11.8 Å². The van der Waals surface area contributed by atoms with E-state index >= 15 is 0 Å². The van der Waals surface area contributed by atoms with Gasteiger partial charge in [-0.3, -0.25) is 9.69 Å². The van der Waals surface area contributed by atoms with Gasteiger partial charge in [0.05, 0.1) is 11.6 Å². The molecule has 5 rings (SSSR count). The molecule has 1 spiro atoms. The number of nitrogens with zero attached hydrogens (tertiary/aromatic N) is 4. The molecule has 1 aromatic carbocycles. The number of carbonyl (C=O) groups excluding carboxylic acids is 2. The molecule has 7 heteroatoms. The van der Waals surface area contributed by atoms with Crippen molar-refractivity contribution < 1.29 is 14.3 Å². The molecular formula is C34H50N4O3. The Morgan fingerprint density at radius 1 is 1.02 bits per heavy atom. The molecule has 1 unspecified atom stereocenters. The van der Waals surface area contributed by atoms with E-state index in [9.17, 15) is 14.9 Å². The van der Waals surface area contributed by atoms with Crippen molar-refractivity contribution >= 4 is 12.0 Å². The minimum atomic E-state index is -0.312. The molecule has 3 aliphatic heterocycles. The topological polar surface area (TPSA) is 76.9 Å². The quantitative estimate of drug-likeness (QED) is 0.382. The van der Waals surface area contributed by atoms with Crippen LogP contribution in [-0.2, 0) is 4.74 Å².